The highest BCUT2D eigenvalue weighted by atomic mass is 19.1. The fourth-order valence-corrected chi connectivity index (χ4v) is 1.73. The number of hydrogen-bond donors (Lipinski definition) is 1. The minimum absolute atomic E-state index is 0.0363. The SMILES string of the molecule is CCCNC(=O)Cc1ccc2cc(F)ccc2n1. The zero-order valence-electron chi connectivity index (χ0n) is 10.2. The lowest BCUT2D eigenvalue weighted by Gasteiger charge is -2.04. The number of aromatic nitrogens is 1. The van der Waals surface area contributed by atoms with Crippen molar-refractivity contribution in [3.8, 4) is 0 Å². The highest BCUT2D eigenvalue weighted by molar-refractivity contribution is 5.81. The summed E-state index contributed by atoms with van der Waals surface area (Å²) >= 11 is 0. The normalized spacial score (nSPS) is 10.6. The summed E-state index contributed by atoms with van der Waals surface area (Å²) < 4.78 is 13.0. The van der Waals surface area contributed by atoms with Crippen molar-refractivity contribution < 1.29 is 9.18 Å². The molecule has 4 heteroatoms. The van der Waals surface area contributed by atoms with Gasteiger partial charge in [-0.15, -0.1) is 0 Å². The number of rotatable bonds is 4. The smallest absolute Gasteiger partial charge is 0.226 e. The molecule has 0 spiro atoms. The van der Waals surface area contributed by atoms with Gasteiger partial charge in [0.05, 0.1) is 17.6 Å². The van der Waals surface area contributed by atoms with Crippen molar-refractivity contribution in [2.75, 3.05) is 6.54 Å². The van der Waals surface area contributed by atoms with E-state index in [0.717, 1.165) is 11.8 Å². The largest absolute Gasteiger partial charge is 0.356 e. The molecule has 0 fully saturated rings. The Hall–Kier alpha value is -1.97. The van der Waals surface area contributed by atoms with Crippen LogP contribution in [0.2, 0.25) is 0 Å². The zero-order valence-corrected chi connectivity index (χ0v) is 10.2. The van der Waals surface area contributed by atoms with Crippen molar-refractivity contribution in [3.63, 3.8) is 0 Å². The summed E-state index contributed by atoms with van der Waals surface area (Å²) in [5.74, 6) is -0.316. The Kier molecular flexibility index (Phi) is 3.87. The van der Waals surface area contributed by atoms with Gasteiger partial charge in [-0.2, -0.15) is 0 Å². The lowest BCUT2D eigenvalue weighted by molar-refractivity contribution is -0.120. The first-order valence-electron chi connectivity index (χ1n) is 6.01. The first-order chi connectivity index (χ1) is 8.69. The van der Waals surface area contributed by atoms with E-state index >= 15 is 0 Å². The molecule has 0 saturated carbocycles. The first-order valence-corrected chi connectivity index (χ1v) is 6.01. The molecule has 0 unspecified atom stereocenters. The molecule has 0 aliphatic rings. The van der Waals surface area contributed by atoms with E-state index < -0.39 is 0 Å². The Labute approximate surface area is 105 Å². The summed E-state index contributed by atoms with van der Waals surface area (Å²) in [6.45, 7) is 2.68. The highest BCUT2D eigenvalue weighted by Gasteiger charge is 2.05. The molecule has 0 aliphatic carbocycles. The van der Waals surface area contributed by atoms with Gasteiger partial charge in [0.25, 0.3) is 0 Å². The van der Waals surface area contributed by atoms with Gasteiger partial charge in [0.15, 0.2) is 0 Å². The standard InChI is InChI=1S/C14H15FN2O/c1-2-7-16-14(18)9-12-5-3-10-8-11(15)4-6-13(10)17-12/h3-6,8H,2,7,9H2,1H3,(H,16,18). The Morgan fingerprint density at radius 2 is 2.17 bits per heavy atom. The second-order valence-electron chi connectivity index (χ2n) is 4.17. The summed E-state index contributed by atoms with van der Waals surface area (Å²) in [5.41, 5.74) is 1.40. The van der Waals surface area contributed by atoms with Gasteiger partial charge in [0.1, 0.15) is 5.82 Å². The summed E-state index contributed by atoms with van der Waals surface area (Å²) in [6, 6.07) is 7.97. The number of nitrogens with one attached hydrogen (secondary N) is 1. The van der Waals surface area contributed by atoms with Crippen LogP contribution in [-0.2, 0) is 11.2 Å². The van der Waals surface area contributed by atoms with Crippen LogP contribution in [0, 0.1) is 5.82 Å². The maximum atomic E-state index is 13.0. The van der Waals surface area contributed by atoms with Crippen LogP contribution in [0.3, 0.4) is 0 Å². The average Bonchev–Trinajstić information content (AvgIpc) is 2.36. The quantitative estimate of drug-likeness (QED) is 0.900. The molecule has 2 rings (SSSR count). The van der Waals surface area contributed by atoms with Gasteiger partial charge in [0, 0.05) is 11.9 Å². The molecular weight excluding hydrogens is 231 g/mol. The minimum atomic E-state index is -0.280. The van der Waals surface area contributed by atoms with E-state index in [4.69, 9.17) is 0 Å². The van der Waals surface area contributed by atoms with E-state index in [1.807, 2.05) is 6.92 Å². The number of pyridine rings is 1. The average molecular weight is 246 g/mol. The molecule has 3 nitrogen and oxygen atoms in total. The Bertz CT molecular complexity index is 569. The molecule has 1 amide bonds. The molecule has 0 radical (unpaired) electrons. The minimum Gasteiger partial charge on any atom is -0.356 e. The van der Waals surface area contributed by atoms with Crippen molar-refractivity contribution in [2.24, 2.45) is 0 Å². The van der Waals surface area contributed by atoms with Crippen LogP contribution in [0.5, 0.6) is 0 Å². The number of carbonyl (C=O) groups excluding carboxylic acids is 1. The monoisotopic (exact) mass is 246 g/mol. The van der Waals surface area contributed by atoms with Crippen LogP contribution < -0.4 is 5.32 Å². The van der Waals surface area contributed by atoms with Crippen LogP contribution in [-0.4, -0.2) is 17.4 Å². The maximum Gasteiger partial charge on any atom is 0.226 e. The number of halogens is 1. The van der Waals surface area contributed by atoms with Gasteiger partial charge in [-0.05, 0) is 30.7 Å². The predicted molar refractivity (Wildman–Crippen MR) is 68.7 cm³/mol. The third kappa shape index (κ3) is 3.03. The van der Waals surface area contributed by atoms with Crippen LogP contribution in [0.1, 0.15) is 19.0 Å². The Morgan fingerprint density at radius 3 is 2.94 bits per heavy atom. The van der Waals surface area contributed by atoms with Crippen molar-refractivity contribution >= 4 is 16.8 Å². The second-order valence-corrected chi connectivity index (χ2v) is 4.17. The summed E-state index contributed by atoms with van der Waals surface area (Å²) in [5, 5.41) is 3.54. The van der Waals surface area contributed by atoms with E-state index in [1.54, 1.807) is 18.2 Å². The van der Waals surface area contributed by atoms with Crippen molar-refractivity contribution in [3.05, 3.63) is 41.8 Å². The zero-order chi connectivity index (χ0) is 13.0. The third-order valence-corrected chi connectivity index (χ3v) is 2.62. The molecule has 1 aromatic heterocycles. The van der Waals surface area contributed by atoms with Crippen LogP contribution >= 0.6 is 0 Å². The first kappa shape index (κ1) is 12.5. The number of benzene rings is 1. The van der Waals surface area contributed by atoms with E-state index in [9.17, 15) is 9.18 Å². The fraction of sp³-hybridized carbons (Fsp3) is 0.286. The van der Waals surface area contributed by atoms with Crippen LogP contribution in [0.25, 0.3) is 10.9 Å². The molecule has 18 heavy (non-hydrogen) atoms. The van der Waals surface area contributed by atoms with E-state index in [-0.39, 0.29) is 18.1 Å². The Morgan fingerprint density at radius 1 is 1.33 bits per heavy atom. The summed E-state index contributed by atoms with van der Waals surface area (Å²) in [4.78, 5) is 15.9. The molecule has 0 saturated heterocycles. The van der Waals surface area contributed by atoms with Crippen LogP contribution in [0.15, 0.2) is 30.3 Å². The van der Waals surface area contributed by atoms with Gasteiger partial charge in [-0.25, -0.2) is 4.39 Å². The van der Waals surface area contributed by atoms with Crippen molar-refractivity contribution in [1.82, 2.24) is 10.3 Å². The predicted octanol–water partition coefficient (Wildman–Crippen LogP) is 2.44. The summed E-state index contributed by atoms with van der Waals surface area (Å²) in [7, 11) is 0. The van der Waals surface area contributed by atoms with Gasteiger partial charge < -0.3 is 5.32 Å². The van der Waals surface area contributed by atoms with Gasteiger partial charge in [0.2, 0.25) is 5.91 Å². The Balaban J connectivity index is 2.15. The van der Waals surface area contributed by atoms with Gasteiger partial charge >= 0.3 is 0 Å². The number of hydrogen-bond acceptors (Lipinski definition) is 2. The van der Waals surface area contributed by atoms with E-state index in [1.165, 1.54) is 12.1 Å². The molecule has 0 atom stereocenters. The van der Waals surface area contributed by atoms with Gasteiger partial charge in [-0.1, -0.05) is 13.0 Å². The molecular formula is C14H15FN2O. The topological polar surface area (TPSA) is 42.0 Å². The van der Waals surface area contributed by atoms with Crippen LogP contribution in [0.4, 0.5) is 4.39 Å². The molecule has 94 valence electrons. The van der Waals surface area contributed by atoms with Gasteiger partial charge in [-0.3, -0.25) is 9.78 Å². The number of fused-ring (bicyclic) bond motifs is 1. The fourth-order valence-electron chi connectivity index (χ4n) is 1.73. The second kappa shape index (κ2) is 5.58. The maximum absolute atomic E-state index is 13.0. The number of amides is 1. The molecule has 1 N–H and O–H groups in total. The van der Waals surface area contributed by atoms with E-state index in [0.29, 0.717) is 17.8 Å². The lowest BCUT2D eigenvalue weighted by Crippen LogP contribution is -2.25. The molecule has 0 aliphatic heterocycles. The molecule has 1 aromatic carbocycles. The summed E-state index contributed by atoms with van der Waals surface area (Å²) in [6.07, 6.45) is 1.17. The number of nitrogens with zero attached hydrogens (tertiary/aromatic N) is 1. The van der Waals surface area contributed by atoms with Crippen molar-refractivity contribution in [1.29, 1.82) is 0 Å². The van der Waals surface area contributed by atoms with E-state index in [2.05, 4.69) is 10.3 Å². The molecule has 2 aromatic rings. The molecule has 1 heterocycles. The van der Waals surface area contributed by atoms with Crippen molar-refractivity contribution in [2.45, 2.75) is 19.8 Å². The lowest BCUT2D eigenvalue weighted by atomic mass is 10.1. The highest BCUT2D eigenvalue weighted by Crippen LogP contribution is 2.14. The number of carbonyl (C=O) groups is 1. The molecule has 0 bridgehead atoms. The third-order valence-electron chi connectivity index (χ3n) is 2.62.